The summed E-state index contributed by atoms with van der Waals surface area (Å²) in [4.78, 5) is 7.72. The number of rotatable bonds is 4. The van der Waals surface area contributed by atoms with Gasteiger partial charge in [0.1, 0.15) is 17.3 Å². The molecule has 5 N–H and O–H groups in total. The third-order valence-corrected chi connectivity index (χ3v) is 3.63. The normalized spacial score (nSPS) is 11.4. The van der Waals surface area contributed by atoms with E-state index < -0.39 is 11.7 Å². The van der Waals surface area contributed by atoms with E-state index in [9.17, 15) is 18.3 Å². The van der Waals surface area contributed by atoms with Gasteiger partial charge >= 0.3 is 6.18 Å². The Hall–Kier alpha value is -3.63. The smallest absolute Gasteiger partial charge is 0.417 e. The lowest BCUT2D eigenvalue weighted by atomic mass is 10.2. The summed E-state index contributed by atoms with van der Waals surface area (Å²) in [5.41, 5.74) is 5.61. The largest absolute Gasteiger partial charge is 0.505 e. The van der Waals surface area contributed by atoms with E-state index in [2.05, 4.69) is 20.4 Å². The Labute approximate surface area is 151 Å². The summed E-state index contributed by atoms with van der Waals surface area (Å²) in [5, 5.41) is 24.2. The molecule has 140 valence electrons. The van der Waals surface area contributed by atoms with Crippen LogP contribution in [-0.2, 0) is 13.2 Å². The number of aryl methyl sites for hydroxylation is 1. The van der Waals surface area contributed by atoms with Gasteiger partial charge in [0.05, 0.1) is 28.8 Å². The summed E-state index contributed by atoms with van der Waals surface area (Å²) in [6.07, 6.45) is -2.33. The SMILES string of the molecule is Cn1nc(Nc2cnc(C(=N)N)c(O)c2)cc1-c1ccc(C(F)(F)F)cn1. The number of anilines is 2. The van der Waals surface area contributed by atoms with Crippen LogP contribution >= 0.6 is 0 Å². The molecule has 0 amide bonds. The van der Waals surface area contributed by atoms with Crippen LogP contribution in [0.15, 0.2) is 36.7 Å². The maximum absolute atomic E-state index is 12.6. The molecule has 3 aromatic rings. The number of nitrogen functional groups attached to an aromatic ring is 1. The van der Waals surface area contributed by atoms with E-state index in [0.717, 1.165) is 12.3 Å². The second-order valence-electron chi connectivity index (χ2n) is 5.60. The summed E-state index contributed by atoms with van der Waals surface area (Å²) in [6, 6.07) is 5.13. The highest BCUT2D eigenvalue weighted by atomic mass is 19.4. The lowest BCUT2D eigenvalue weighted by Crippen LogP contribution is -2.13. The van der Waals surface area contributed by atoms with E-state index in [-0.39, 0.29) is 17.3 Å². The first kappa shape index (κ1) is 18.2. The van der Waals surface area contributed by atoms with E-state index in [4.69, 9.17) is 11.1 Å². The summed E-state index contributed by atoms with van der Waals surface area (Å²) in [7, 11) is 1.62. The Morgan fingerprint density at radius 1 is 1.22 bits per heavy atom. The van der Waals surface area contributed by atoms with Crippen molar-refractivity contribution >= 4 is 17.3 Å². The van der Waals surface area contributed by atoms with Gasteiger partial charge in [-0.15, -0.1) is 0 Å². The molecule has 0 bridgehead atoms. The molecule has 3 aromatic heterocycles. The highest BCUT2D eigenvalue weighted by Crippen LogP contribution is 2.30. The number of hydrogen-bond donors (Lipinski definition) is 4. The van der Waals surface area contributed by atoms with Gasteiger partial charge in [0, 0.05) is 25.4 Å². The van der Waals surface area contributed by atoms with Gasteiger partial charge in [-0.1, -0.05) is 0 Å². The molecule has 0 aliphatic rings. The molecule has 3 rings (SSSR count). The molecular weight excluding hydrogens is 363 g/mol. The van der Waals surface area contributed by atoms with Crippen molar-refractivity contribution in [2.75, 3.05) is 5.32 Å². The predicted molar refractivity (Wildman–Crippen MR) is 91.6 cm³/mol. The highest BCUT2D eigenvalue weighted by molar-refractivity contribution is 5.95. The molecule has 27 heavy (non-hydrogen) atoms. The first-order valence-electron chi connectivity index (χ1n) is 7.53. The molecule has 0 aliphatic heterocycles. The Bertz CT molecular complexity index is 996. The van der Waals surface area contributed by atoms with Gasteiger partial charge in [0.2, 0.25) is 0 Å². The molecule has 0 aromatic carbocycles. The van der Waals surface area contributed by atoms with Gasteiger partial charge in [-0.3, -0.25) is 15.1 Å². The average molecular weight is 377 g/mol. The Morgan fingerprint density at radius 3 is 2.52 bits per heavy atom. The molecule has 0 spiro atoms. The van der Waals surface area contributed by atoms with Crippen molar-refractivity contribution < 1.29 is 18.3 Å². The maximum atomic E-state index is 12.6. The Kier molecular flexibility index (Phi) is 4.44. The molecule has 0 aliphatic carbocycles. The van der Waals surface area contributed by atoms with Crippen LogP contribution in [0.3, 0.4) is 0 Å². The van der Waals surface area contributed by atoms with Crippen LogP contribution in [0.5, 0.6) is 5.75 Å². The van der Waals surface area contributed by atoms with Gasteiger partial charge in [-0.2, -0.15) is 18.3 Å². The summed E-state index contributed by atoms with van der Waals surface area (Å²) in [6.45, 7) is 0. The molecule has 0 radical (unpaired) electrons. The van der Waals surface area contributed by atoms with E-state index in [1.807, 2.05) is 0 Å². The van der Waals surface area contributed by atoms with Crippen molar-refractivity contribution in [2.45, 2.75) is 6.18 Å². The molecule has 0 saturated heterocycles. The van der Waals surface area contributed by atoms with Crippen LogP contribution in [0.1, 0.15) is 11.3 Å². The molecule has 0 atom stereocenters. The van der Waals surface area contributed by atoms with Crippen molar-refractivity contribution in [1.82, 2.24) is 19.7 Å². The number of nitrogens with one attached hydrogen (secondary N) is 2. The minimum Gasteiger partial charge on any atom is -0.505 e. The monoisotopic (exact) mass is 377 g/mol. The quantitative estimate of drug-likeness (QED) is 0.409. The van der Waals surface area contributed by atoms with Gasteiger partial charge in [-0.05, 0) is 12.1 Å². The van der Waals surface area contributed by atoms with Crippen LogP contribution in [0.25, 0.3) is 11.4 Å². The fourth-order valence-corrected chi connectivity index (χ4v) is 2.36. The number of aromatic hydroxyl groups is 1. The number of nitrogens with two attached hydrogens (primary N) is 1. The minimum atomic E-state index is -4.45. The van der Waals surface area contributed by atoms with Crippen LogP contribution < -0.4 is 11.1 Å². The van der Waals surface area contributed by atoms with Crippen molar-refractivity contribution in [3.8, 4) is 17.1 Å². The van der Waals surface area contributed by atoms with Crippen LogP contribution in [0.2, 0.25) is 0 Å². The van der Waals surface area contributed by atoms with E-state index >= 15 is 0 Å². The lowest BCUT2D eigenvalue weighted by Gasteiger charge is -2.06. The summed E-state index contributed by atoms with van der Waals surface area (Å²) in [5.74, 6) is -0.272. The molecule has 11 heteroatoms. The Morgan fingerprint density at radius 2 is 1.96 bits per heavy atom. The zero-order chi connectivity index (χ0) is 19.8. The molecule has 0 saturated carbocycles. The number of amidine groups is 1. The number of halogens is 3. The second kappa shape index (κ2) is 6.59. The van der Waals surface area contributed by atoms with Crippen molar-refractivity contribution in [3.63, 3.8) is 0 Å². The first-order chi connectivity index (χ1) is 12.6. The number of pyridine rings is 2. The molecule has 3 heterocycles. The number of hydrogen-bond acceptors (Lipinski definition) is 6. The average Bonchev–Trinajstić information content (AvgIpc) is 2.94. The highest BCUT2D eigenvalue weighted by Gasteiger charge is 2.30. The molecular formula is C16H14F3N7O. The van der Waals surface area contributed by atoms with E-state index in [0.29, 0.717) is 22.9 Å². The predicted octanol–water partition coefficient (Wildman–Crippen LogP) is 2.63. The fraction of sp³-hybridized carbons (Fsp3) is 0.125. The number of aromatic nitrogens is 4. The van der Waals surface area contributed by atoms with Gasteiger partial charge in [0.15, 0.2) is 5.82 Å². The summed E-state index contributed by atoms with van der Waals surface area (Å²) < 4.78 is 39.4. The topological polar surface area (TPSA) is 126 Å². The lowest BCUT2D eigenvalue weighted by molar-refractivity contribution is -0.137. The third-order valence-electron chi connectivity index (χ3n) is 3.63. The standard InChI is InChI=1S/C16H14F3N7O/c1-26-11(10-3-2-8(6-22-10)16(17,18)19)5-13(25-26)24-9-4-12(27)14(15(20)21)23-7-9/h2-7,27H,1H3,(H3,20,21)(H,24,25). The maximum Gasteiger partial charge on any atom is 0.417 e. The minimum absolute atomic E-state index is 0.0452. The van der Waals surface area contributed by atoms with Crippen LogP contribution in [0, 0.1) is 5.41 Å². The summed E-state index contributed by atoms with van der Waals surface area (Å²) >= 11 is 0. The third kappa shape index (κ3) is 3.81. The van der Waals surface area contributed by atoms with Crippen molar-refractivity contribution in [3.05, 3.63) is 47.9 Å². The zero-order valence-corrected chi connectivity index (χ0v) is 13.9. The number of alkyl halides is 3. The van der Waals surface area contributed by atoms with Gasteiger partial charge in [-0.25, -0.2) is 4.98 Å². The van der Waals surface area contributed by atoms with Crippen LogP contribution in [-0.4, -0.2) is 30.7 Å². The van der Waals surface area contributed by atoms with E-state index in [1.54, 1.807) is 13.1 Å². The molecule has 0 fully saturated rings. The number of nitrogens with zero attached hydrogens (tertiary/aromatic N) is 4. The van der Waals surface area contributed by atoms with Crippen LogP contribution in [0.4, 0.5) is 24.7 Å². The van der Waals surface area contributed by atoms with E-state index in [1.165, 1.54) is 23.0 Å². The second-order valence-corrected chi connectivity index (χ2v) is 5.60. The fourth-order valence-electron chi connectivity index (χ4n) is 2.36. The zero-order valence-electron chi connectivity index (χ0n) is 13.9. The van der Waals surface area contributed by atoms with Crippen molar-refractivity contribution in [1.29, 1.82) is 5.41 Å². The van der Waals surface area contributed by atoms with Crippen molar-refractivity contribution in [2.24, 2.45) is 12.8 Å². The molecule has 0 unspecified atom stereocenters. The molecule has 8 nitrogen and oxygen atoms in total. The first-order valence-corrected chi connectivity index (χ1v) is 7.53. The van der Waals surface area contributed by atoms with Gasteiger partial charge in [0.25, 0.3) is 0 Å². The van der Waals surface area contributed by atoms with Gasteiger partial charge < -0.3 is 16.2 Å². The Balaban J connectivity index is 1.84.